The molecular formula is C17H18ClF3N2O5S2. The molecule has 166 valence electrons. The van der Waals surface area contributed by atoms with E-state index >= 15 is 0 Å². The molecule has 2 aromatic carbocycles. The number of anilines is 1. The van der Waals surface area contributed by atoms with Gasteiger partial charge in [0, 0.05) is 18.8 Å². The molecule has 2 rings (SSSR count). The minimum Gasteiger partial charge on any atom is -0.383 e. The van der Waals surface area contributed by atoms with Crippen LogP contribution in [0.15, 0.2) is 52.3 Å². The molecule has 0 fully saturated rings. The van der Waals surface area contributed by atoms with Crippen LogP contribution in [0.4, 0.5) is 18.9 Å². The normalized spacial score (nSPS) is 13.8. The number of benzene rings is 2. The van der Waals surface area contributed by atoms with Gasteiger partial charge in [0.25, 0.3) is 10.0 Å². The van der Waals surface area contributed by atoms with Crippen molar-refractivity contribution in [2.24, 2.45) is 0 Å². The van der Waals surface area contributed by atoms with Crippen LogP contribution in [-0.4, -0.2) is 36.6 Å². The van der Waals surface area contributed by atoms with Crippen LogP contribution < -0.4 is 9.44 Å². The second kappa shape index (κ2) is 9.10. The van der Waals surface area contributed by atoms with Gasteiger partial charge >= 0.3 is 6.18 Å². The number of ether oxygens (including phenoxy) is 1. The van der Waals surface area contributed by atoms with Crippen molar-refractivity contribution < 1.29 is 34.7 Å². The van der Waals surface area contributed by atoms with Crippen molar-refractivity contribution in [2.75, 3.05) is 18.4 Å². The van der Waals surface area contributed by atoms with E-state index in [1.165, 1.54) is 19.2 Å². The molecule has 30 heavy (non-hydrogen) atoms. The summed E-state index contributed by atoms with van der Waals surface area (Å²) in [6, 6.07) is 6.35. The summed E-state index contributed by atoms with van der Waals surface area (Å²) in [7, 11) is -6.83. The number of hydrogen-bond donors (Lipinski definition) is 2. The molecule has 0 spiro atoms. The van der Waals surface area contributed by atoms with Gasteiger partial charge in [-0.25, -0.2) is 21.6 Å². The quantitative estimate of drug-likeness (QED) is 0.595. The number of halogens is 4. The standard InChI is InChI=1S/C17H18ClF3N2O5S2/c1-11(10-28-2)22-29(24,25)13-5-3-12(4-6-13)23-30(26,27)14-7-8-16(18)15(9-14)17(19,20)21/h3-9,11,22-23H,10H2,1-2H3. The van der Waals surface area contributed by atoms with Crippen LogP contribution in [-0.2, 0) is 31.0 Å². The summed E-state index contributed by atoms with van der Waals surface area (Å²) >= 11 is 5.50. The molecule has 0 radical (unpaired) electrons. The number of alkyl halides is 3. The highest BCUT2D eigenvalue weighted by Gasteiger charge is 2.34. The predicted octanol–water partition coefficient (Wildman–Crippen LogP) is 3.47. The number of methoxy groups -OCH3 is 1. The minimum absolute atomic E-state index is 0.0394. The monoisotopic (exact) mass is 486 g/mol. The molecule has 0 aromatic heterocycles. The highest BCUT2D eigenvalue weighted by molar-refractivity contribution is 7.92. The SMILES string of the molecule is COCC(C)NS(=O)(=O)c1ccc(NS(=O)(=O)c2ccc(Cl)c(C(F)(F)F)c2)cc1. The number of rotatable bonds is 8. The van der Waals surface area contributed by atoms with Gasteiger partial charge in [-0.15, -0.1) is 0 Å². The van der Waals surface area contributed by atoms with Crippen LogP contribution in [0.5, 0.6) is 0 Å². The van der Waals surface area contributed by atoms with Gasteiger partial charge in [0.1, 0.15) is 0 Å². The Morgan fingerprint density at radius 2 is 1.57 bits per heavy atom. The Morgan fingerprint density at radius 1 is 1.00 bits per heavy atom. The highest BCUT2D eigenvalue weighted by atomic mass is 35.5. The highest BCUT2D eigenvalue weighted by Crippen LogP contribution is 2.36. The lowest BCUT2D eigenvalue weighted by atomic mass is 10.2. The molecule has 1 atom stereocenters. The van der Waals surface area contributed by atoms with Crippen molar-refractivity contribution in [3.05, 3.63) is 53.1 Å². The average Bonchev–Trinajstić information content (AvgIpc) is 2.60. The Morgan fingerprint density at radius 3 is 2.10 bits per heavy atom. The summed E-state index contributed by atoms with van der Waals surface area (Å²) in [6.45, 7) is 1.75. The lowest BCUT2D eigenvalue weighted by Gasteiger charge is -2.14. The van der Waals surface area contributed by atoms with E-state index in [0.29, 0.717) is 6.07 Å². The van der Waals surface area contributed by atoms with E-state index < -0.39 is 47.7 Å². The average molecular weight is 487 g/mol. The van der Waals surface area contributed by atoms with Crippen LogP contribution in [0.2, 0.25) is 5.02 Å². The van der Waals surface area contributed by atoms with Crippen LogP contribution in [0.25, 0.3) is 0 Å². The maximum atomic E-state index is 13.0. The first-order valence-corrected chi connectivity index (χ1v) is 11.6. The summed E-state index contributed by atoms with van der Waals surface area (Å²) < 4.78 is 97.6. The van der Waals surface area contributed by atoms with E-state index in [1.807, 2.05) is 0 Å². The van der Waals surface area contributed by atoms with Gasteiger partial charge in [-0.2, -0.15) is 13.2 Å². The van der Waals surface area contributed by atoms with E-state index in [2.05, 4.69) is 9.44 Å². The Labute approximate surface area is 177 Å². The first kappa shape index (κ1) is 24.4. The van der Waals surface area contributed by atoms with E-state index in [4.69, 9.17) is 16.3 Å². The number of hydrogen-bond acceptors (Lipinski definition) is 5. The van der Waals surface area contributed by atoms with Crippen molar-refractivity contribution in [2.45, 2.75) is 28.9 Å². The number of sulfonamides is 2. The molecule has 0 heterocycles. The van der Waals surface area contributed by atoms with Crippen molar-refractivity contribution >= 4 is 37.3 Å². The molecule has 0 bridgehead atoms. The molecule has 7 nitrogen and oxygen atoms in total. The van der Waals surface area contributed by atoms with Crippen LogP contribution in [0, 0.1) is 0 Å². The fraction of sp³-hybridized carbons (Fsp3) is 0.294. The molecule has 13 heteroatoms. The maximum absolute atomic E-state index is 13.0. The first-order chi connectivity index (χ1) is 13.8. The summed E-state index contributed by atoms with van der Waals surface area (Å²) in [6.07, 6.45) is -4.83. The van der Waals surface area contributed by atoms with Gasteiger partial charge in [0.2, 0.25) is 10.0 Å². The third-order valence-electron chi connectivity index (χ3n) is 3.74. The van der Waals surface area contributed by atoms with Gasteiger partial charge in [0.05, 0.1) is 27.0 Å². The topological polar surface area (TPSA) is 102 Å². The molecule has 0 amide bonds. The Bertz CT molecular complexity index is 1110. The molecule has 0 aliphatic carbocycles. The zero-order chi connectivity index (χ0) is 22.7. The van der Waals surface area contributed by atoms with E-state index in [-0.39, 0.29) is 17.2 Å². The molecular weight excluding hydrogens is 469 g/mol. The van der Waals surface area contributed by atoms with Crippen LogP contribution in [0.1, 0.15) is 12.5 Å². The zero-order valence-electron chi connectivity index (χ0n) is 15.7. The second-order valence-corrected chi connectivity index (χ2v) is 10.1. The fourth-order valence-electron chi connectivity index (χ4n) is 2.42. The Hall–Kier alpha value is -1.86. The first-order valence-electron chi connectivity index (χ1n) is 8.27. The van der Waals surface area contributed by atoms with Crippen molar-refractivity contribution in [3.8, 4) is 0 Å². The van der Waals surface area contributed by atoms with Gasteiger partial charge < -0.3 is 4.74 Å². The zero-order valence-corrected chi connectivity index (χ0v) is 18.1. The van der Waals surface area contributed by atoms with E-state index in [1.54, 1.807) is 6.92 Å². The van der Waals surface area contributed by atoms with Crippen LogP contribution in [0.3, 0.4) is 0 Å². The summed E-state index contributed by atoms with van der Waals surface area (Å²) in [5.74, 6) is 0. The minimum atomic E-state index is -4.83. The fourth-order valence-corrected chi connectivity index (χ4v) is 4.96. The molecule has 0 saturated carbocycles. The van der Waals surface area contributed by atoms with Gasteiger partial charge in [0.15, 0.2) is 0 Å². The molecule has 0 aliphatic heterocycles. The summed E-state index contributed by atoms with van der Waals surface area (Å²) in [5.41, 5.74) is -1.33. The summed E-state index contributed by atoms with van der Waals surface area (Å²) in [5, 5.41) is -0.633. The third kappa shape index (κ3) is 6.08. The van der Waals surface area contributed by atoms with Crippen LogP contribution >= 0.6 is 11.6 Å². The van der Waals surface area contributed by atoms with Crippen molar-refractivity contribution in [3.63, 3.8) is 0 Å². The molecule has 0 saturated heterocycles. The third-order valence-corrected chi connectivity index (χ3v) is 7.06. The van der Waals surface area contributed by atoms with Gasteiger partial charge in [-0.3, -0.25) is 4.72 Å². The van der Waals surface area contributed by atoms with E-state index in [9.17, 15) is 30.0 Å². The summed E-state index contributed by atoms with van der Waals surface area (Å²) in [4.78, 5) is -0.773. The van der Waals surface area contributed by atoms with Crippen molar-refractivity contribution in [1.82, 2.24) is 4.72 Å². The second-order valence-electron chi connectivity index (χ2n) is 6.25. The Balaban J connectivity index is 2.25. The lowest BCUT2D eigenvalue weighted by molar-refractivity contribution is -0.137. The van der Waals surface area contributed by atoms with Gasteiger partial charge in [-0.05, 0) is 49.4 Å². The lowest BCUT2D eigenvalue weighted by Crippen LogP contribution is -2.35. The molecule has 2 N–H and O–H groups in total. The smallest absolute Gasteiger partial charge is 0.383 e. The molecule has 2 aromatic rings. The largest absolute Gasteiger partial charge is 0.417 e. The maximum Gasteiger partial charge on any atom is 0.417 e. The predicted molar refractivity (Wildman–Crippen MR) is 105 cm³/mol. The van der Waals surface area contributed by atoms with E-state index in [0.717, 1.165) is 24.3 Å². The Kier molecular flexibility index (Phi) is 7.41. The number of nitrogens with one attached hydrogen (secondary N) is 2. The van der Waals surface area contributed by atoms with Crippen molar-refractivity contribution in [1.29, 1.82) is 0 Å². The molecule has 1 unspecified atom stereocenters. The van der Waals surface area contributed by atoms with Gasteiger partial charge in [-0.1, -0.05) is 11.6 Å². The molecule has 0 aliphatic rings.